The lowest BCUT2D eigenvalue weighted by molar-refractivity contribution is -0.141. The Bertz CT molecular complexity index is 1200. The van der Waals surface area contributed by atoms with Gasteiger partial charge in [0.1, 0.15) is 11.9 Å². The Balaban J connectivity index is 1.92. The highest BCUT2D eigenvalue weighted by Crippen LogP contribution is 2.28. The van der Waals surface area contributed by atoms with E-state index < -0.39 is 11.9 Å². The number of rotatable bonds is 13. The smallest absolute Gasteiger partial charge is 0.243 e. The van der Waals surface area contributed by atoms with Crippen molar-refractivity contribution in [1.29, 1.82) is 0 Å². The molecule has 0 fully saturated rings. The van der Waals surface area contributed by atoms with Crippen LogP contribution < -0.4 is 14.8 Å². The number of halogens is 1. The Morgan fingerprint density at radius 1 is 0.921 bits per heavy atom. The Labute approximate surface area is 224 Å². The van der Waals surface area contributed by atoms with E-state index >= 15 is 0 Å². The molecule has 0 unspecified atom stereocenters. The Kier molecular flexibility index (Phi) is 10.7. The van der Waals surface area contributed by atoms with Gasteiger partial charge in [0.05, 0.1) is 14.2 Å². The van der Waals surface area contributed by atoms with Crippen LogP contribution in [0.15, 0.2) is 72.8 Å². The van der Waals surface area contributed by atoms with Crippen molar-refractivity contribution in [2.24, 2.45) is 0 Å². The van der Waals surface area contributed by atoms with Crippen molar-refractivity contribution in [3.05, 3.63) is 95.3 Å². The fraction of sp³-hybridized carbons (Fsp3) is 0.355. The van der Waals surface area contributed by atoms with Crippen LogP contribution in [0, 0.1) is 5.82 Å². The first kappa shape index (κ1) is 28.7. The molecule has 0 saturated carbocycles. The normalized spacial score (nSPS) is 12.3. The average molecular weight is 521 g/mol. The second-order valence-electron chi connectivity index (χ2n) is 9.33. The number of nitrogens with zero attached hydrogens (tertiary/aromatic N) is 1. The highest BCUT2D eigenvalue weighted by molar-refractivity contribution is 5.88. The number of hydrogen-bond acceptors (Lipinski definition) is 4. The minimum Gasteiger partial charge on any atom is -0.493 e. The second-order valence-corrected chi connectivity index (χ2v) is 9.33. The van der Waals surface area contributed by atoms with E-state index in [0.29, 0.717) is 29.9 Å². The van der Waals surface area contributed by atoms with Gasteiger partial charge in [0.15, 0.2) is 11.5 Å². The molecule has 7 heteroatoms. The van der Waals surface area contributed by atoms with Gasteiger partial charge in [0.2, 0.25) is 11.8 Å². The van der Waals surface area contributed by atoms with Crippen LogP contribution in [-0.2, 0) is 29.0 Å². The van der Waals surface area contributed by atoms with Crippen LogP contribution in [0.1, 0.15) is 43.4 Å². The number of nitrogens with one attached hydrogen (secondary N) is 1. The fourth-order valence-electron chi connectivity index (χ4n) is 4.24. The molecule has 202 valence electrons. The van der Waals surface area contributed by atoms with E-state index in [1.54, 1.807) is 38.5 Å². The zero-order valence-corrected chi connectivity index (χ0v) is 22.6. The molecule has 0 heterocycles. The number of methoxy groups -OCH3 is 2. The summed E-state index contributed by atoms with van der Waals surface area (Å²) in [4.78, 5) is 28.8. The molecule has 2 amide bonds. The fourth-order valence-corrected chi connectivity index (χ4v) is 4.24. The van der Waals surface area contributed by atoms with Gasteiger partial charge in [-0.15, -0.1) is 0 Å². The lowest BCUT2D eigenvalue weighted by Crippen LogP contribution is -2.52. The first-order chi connectivity index (χ1) is 18.4. The van der Waals surface area contributed by atoms with Gasteiger partial charge in [0.25, 0.3) is 0 Å². The standard InChI is InChI=1S/C31H37FN2O4/c1-5-22(2)33-31(36)27(19-23-11-7-6-8-12-23)34(21-25-13-9-10-14-26(25)32)30(35)18-16-24-15-17-28(37-3)29(20-24)38-4/h6-15,17,20,22,27H,5,16,18-19,21H2,1-4H3,(H,33,36)/t22-,27-/m0/s1. The summed E-state index contributed by atoms with van der Waals surface area (Å²) in [6.45, 7) is 3.91. The molecule has 0 aliphatic heterocycles. The van der Waals surface area contributed by atoms with E-state index in [9.17, 15) is 14.0 Å². The first-order valence-corrected chi connectivity index (χ1v) is 12.9. The summed E-state index contributed by atoms with van der Waals surface area (Å²) in [5.41, 5.74) is 2.18. The molecule has 38 heavy (non-hydrogen) atoms. The van der Waals surface area contributed by atoms with Crippen molar-refractivity contribution in [3.8, 4) is 11.5 Å². The van der Waals surface area contributed by atoms with Crippen molar-refractivity contribution in [2.45, 2.75) is 58.2 Å². The Morgan fingerprint density at radius 2 is 1.61 bits per heavy atom. The molecule has 3 aromatic rings. The molecule has 0 aromatic heterocycles. The maximum atomic E-state index is 14.7. The van der Waals surface area contributed by atoms with E-state index in [2.05, 4.69) is 5.32 Å². The highest BCUT2D eigenvalue weighted by atomic mass is 19.1. The Morgan fingerprint density at radius 3 is 2.26 bits per heavy atom. The summed E-state index contributed by atoms with van der Waals surface area (Å²) in [5, 5.41) is 3.03. The zero-order chi connectivity index (χ0) is 27.5. The van der Waals surface area contributed by atoms with Gasteiger partial charge >= 0.3 is 0 Å². The van der Waals surface area contributed by atoms with Gasteiger partial charge in [0, 0.05) is 31.0 Å². The number of benzene rings is 3. The quantitative estimate of drug-likeness (QED) is 0.331. The van der Waals surface area contributed by atoms with Crippen LogP contribution in [0.25, 0.3) is 0 Å². The van der Waals surface area contributed by atoms with Crippen LogP contribution in [0.2, 0.25) is 0 Å². The molecule has 6 nitrogen and oxygen atoms in total. The van der Waals surface area contributed by atoms with Gasteiger partial charge in [-0.1, -0.05) is 61.5 Å². The van der Waals surface area contributed by atoms with Gasteiger partial charge in [-0.25, -0.2) is 4.39 Å². The predicted octanol–water partition coefficient (Wildman–Crippen LogP) is 5.33. The molecule has 2 atom stereocenters. The third-order valence-electron chi connectivity index (χ3n) is 6.65. The topological polar surface area (TPSA) is 67.9 Å². The molecule has 0 saturated heterocycles. The third-order valence-corrected chi connectivity index (χ3v) is 6.65. The molecule has 3 aromatic carbocycles. The first-order valence-electron chi connectivity index (χ1n) is 12.9. The van der Waals surface area contributed by atoms with Crippen molar-refractivity contribution < 1.29 is 23.5 Å². The summed E-state index contributed by atoms with van der Waals surface area (Å²) in [5.74, 6) is 0.289. The van der Waals surface area contributed by atoms with Crippen LogP contribution >= 0.6 is 0 Å². The van der Waals surface area contributed by atoms with Crippen LogP contribution in [0.3, 0.4) is 0 Å². The van der Waals surface area contributed by atoms with E-state index in [0.717, 1.165) is 17.5 Å². The number of ether oxygens (including phenoxy) is 2. The van der Waals surface area contributed by atoms with E-state index in [4.69, 9.17) is 9.47 Å². The van der Waals surface area contributed by atoms with E-state index in [1.807, 2.05) is 56.3 Å². The van der Waals surface area contributed by atoms with Gasteiger partial charge < -0.3 is 19.7 Å². The summed E-state index contributed by atoms with van der Waals surface area (Å²) in [7, 11) is 3.13. The molecule has 0 radical (unpaired) electrons. The van der Waals surface area contributed by atoms with E-state index in [1.165, 1.54) is 11.0 Å². The number of amides is 2. The minimum absolute atomic E-state index is 0.0110. The molecule has 0 aliphatic carbocycles. The third kappa shape index (κ3) is 7.81. The molecule has 0 aliphatic rings. The van der Waals surface area contributed by atoms with Gasteiger partial charge in [-0.05, 0) is 49.1 Å². The predicted molar refractivity (Wildman–Crippen MR) is 147 cm³/mol. The molecule has 0 spiro atoms. The number of carbonyl (C=O) groups excluding carboxylic acids is 2. The summed E-state index contributed by atoms with van der Waals surface area (Å²) in [6, 6.07) is 20.6. The maximum Gasteiger partial charge on any atom is 0.243 e. The minimum atomic E-state index is -0.802. The van der Waals surface area contributed by atoms with Crippen molar-refractivity contribution in [3.63, 3.8) is 0 Å². The maximum absolute atomic E-state index is 14.7. The summed E-state index contributed by atoms with van der Waals surface area (Å²) >= 11 is 0. The molecular formula is C31H37FN2O4. The second kappa shape index (κ2) is 14.2. The molecule has 3 rings (SSSR count). The lowest BCUT2D eigenvalue weighted by atomic mass is 10.0. The Hall–Kier alpha value is -3.87. The molecule has 0 bridgehead atoms. The van der Waals surface area contributed by atoms with Crippen LogP contribution in [0.5, 0.6) is 11.5 Å². The van der Waals surface area contributed by atoms with Gasteiger partial charge in [-0.2, -0.15) is 0 Å². The van der Waals surface area contributed by atoms with Crippen LogP contribution in [-0.4, -0.2) is 43.0 Å². The average Bonchev–Trinajstić information content (AvgIpc) is 2.94. The largest absolute Gasteiger partial charge is 0.493 e. The summed E-state index contributed by atoms with van der Waals surface area (Å²) in [6.07, 6.45) is 1.65. The van der Waals surface area contributed by atoms with Crippen LogP contribution in [0.4, 0.5) is 4.39 Å². The highest BCUT2D eigenvalue weighted by Gasteiger charge is 2.31. The number of hydrogen-bond donors (Lipinski definition) is 1. The number of carbonyl (C=O) groups is 2. The van der Waals surface area contributed by atoms with Gasteiger partial charge in [-0.3, -0.25) is 9.59 Å². The number of aryl methyl sites for hydroxylation is 1. The van der Waals surface area contributed by atoms with Crippen molar-refractivity contribution in [1.82, 2.24) is 10.2 Å². The lowest BCUT2D eigenvalue weighted by Gasteiger charge is -2.32. The zero-order valence-electron chi connectivity index (χ0n) is 22.6. The van der Waals surface area contributed by atoms with E-state index in [-0.39, 0.29) is 30.8 Å². The van der Waals surface area contributed by atoms with Crippen molar-refractivity contribution in [2.75, 3.05) is 14.2 Å². The SMILES string of the molecule is CC[C@H](C)NC(=O)[C@H](Cc1ccccc1)N(Cc1ccccc1F)C(=O)CCc1ccc(OC)c(OC)c1. The summed E-state index contributed by atoms with van der Waals surface area (Å²) < 4.78 is 25.4. The van der Waals surface area contributed by atoms with Crippen molar-refractivity contribution >= 4 is 11.8 Å². The monoisotopic (exact) mass is 520 g/mol. The molecular weight excluding hydrogens is 483 g/mol. The molecule has 1 N–H and O–H groups in total.